The number of carbonyl (C=O) groups is 3. The van der Waals surface area contributed by atoms with Gasteiger partial charge >= 0.3 is 5.97 Å². The van der Waals surface area contributed by atoms with Crippen LogP contribution in [0.5, 0.6) is 0 Å². The molecular weight excluding hydrogens is 366 g/mol. The maximum absolute atomic E-state index is 12.1. The number of thiophene rings is 1. The normalized spacial score (nSPS) is 18.7. The van der Waals surface area contributed by atoms with E-state index in [-0.39, 0.29) is 30.1 Å². The lowest BCUT2D eigenvalue weighted by atomic mass is 10.1. The second-order valence-electron chi connectivity index (χ2n) is 6.08. The van der Waals surface area contributed by atoms with Crippen molar-refractivity contribution in [2.45, 2.75) is 39.2 Å². The average molecular weight is 387 g/mol. The standard InChI is InChI=1S/C16H21NO6S2/c1-10-7-13(11(2)24-10)14(18)3-4-16(20)23-8-15(19)17-12-5-6-25(21,22)9-12/h7,12H,3-6,8-9H2,1-2H3,(H,17,19). The van der Waals surface area contributed by atoms with Gasteiger partial charge in [-0.05, 0) is 26.3 Å². The number of rotatable bonds is 7. The first-order valence-electron chi connectivity index (χ1n) is 7.92. The quantitative estimate of drug-likeness (QED) is 0.556. The molecule has 1 saturated heterocycles. The van der Waals surface area contributed by atoms with Gasteiger partial charge in [0.2, 0.25) is 0 Å². The van der Waals surface area contributed by atoms with Gasteiger partial charge in [-0.1, -0.05) is 0 Å². The summed E-state index contributed by atoms with van der Waals surface area (Å²) >= 11 is 1.53. The molecule has 0 saturated carbocycles. The molecule has 1 aromatic rings. The number of nitrogens with one attached hydrogen (secondary N) is 1. The Labute approximate surface area is 150 Å². The Morgan fingerprint density at radius 1 is 1.28 bits per heavy atom. The molecule has 0 aromatic carbocycles. The van der Waals surface area contributed by atoms with Crippen molar-refractivity contribution in [3.63, 3.8) is 0 Å². The lowest BCUT2D eigenvalue weighted by Gasteiger charge is -2.10. The zero-order chi connectivity index (χ0) is 18.6. The van der Waals surface area contributed by atoms with Gasteiger partial charge in [-0.2, -0.15) is 0 Å². The Morgan fingerprint density at radius 2 is 2.00 bits per heavy atom. The number of hydrogen-bond donors (Lipinski definition) is 1. The van der Waals surface area contributed by atoms with Gasteiger partial charge in [-0.15, -0.1) is 11.3 Å². The number of ketones is 1. The van der Waals surface area contributed by atoms with Crippen LogP contribution in [0.4, 0.5) is 0 Å². The fourth-order valence-corrected chi connectivity index (χ4v) is 5.27. The van der Waals surface area contributed by atoms with Crippen molar-refractivity contribution in [2.75, 3.05) is 18.1 Å². The van der Waals surface area contributed by atoms with Crippen LogP contribution < -0.4 is 5.32 Å². The van der Waals surface area contributed by atoms with Crippen LogP contribution in [0.2, 0.25) is 0 Å². The summed E-state index contributed by atoms with van der Waals surface area (Å²) in [6.45, 7) is 3.30. The van der Waals surface area contributed by atoms with Gasteiger partial charge in [-0.25, -0.2) is 8.42 Å². The molecule has 2 heterocycles. The van der Waals surface area contributed by atoms with E-state index in [1.54, 1.807) is 6.07 Å². The molecule has 9 heteroatoms. The van der Waals surface area contributed by atoms with Crippen LogP contribution in [-0.2, 0) is 24.2 Å². The summed E-state index contributed by atoms with van der Waals surface area (Å²) in [5, 5.41) is 2.53. The Balaban J connectivity index is 1.69. The summed E-state index contributed by atoms with van der Waals surface area (Å²) < 4.78 is 27.5. The minimum atomic E-state index is -3.08. The highest BCUT2D eigenvalue weighted by molar-refractivity contribution is 7.91. The van der Waals surface area contributed by atoms with E-state index in [0.29, 0.717) is 12.0 Å². The van der Waals surface area contributed by atoms with Gasteiger partial charge in [0, 0.05) is 27.8 Å². The van der Waals surface area contributed by atoms with E-state index >= 15 is 0 Å². The summed E-state index contributed by atoms with van der Waals surface area (Å²) in [6, 6.07) is 1.37. The largest absolute Gasteiger partial charge is 0.456 e. The topological polar surface area (TPSA) is 107 Å². The first-order valence-corrected chi connectivity index (χ1v) is 10.6. The molecule has 1 amide bonds. The molecule has 25 heavy (non-hydrogen) atoms. The maximum atomic E-state index is 12.1. The molecule has 1 aliphatic heterocycles. The summed E-state index contributed by atoms with van der Waals surface area (Å²) in [5.74, 6) is -1.32. The van der Waals surface area contributed by atoms with E-state index in [1.807, 2.05) is 13.8 Å². The highest BCUT2D eigenvalue weighted by Crippen LogP contribution is 2.22. The molecule has 0 bridgehead atoms. The van der Waals surface area contributed by atoms with Crippen LogP contribution in [-0.4, -0.2) is 50.2 Å². The lowest BCUT2D eigenvalue weighted by molar-refractivity contribution is -0.148. The van der Waals surface area contributed by atoms with Gasteiger partial charge < -0.3 is 10.1 Å². The lowest BCUT2D eigenvalue weighted by Crippen LogP contribution is -2.38. The van der Waals surface area contributed by atoms with Crippen molar-refractivity contribution in [1.82, 2.24) is 5.32 Å². The average Bonchev–Trinajstić information content (AvgIpc) is 3.03. The van der Waals surface area contributed by atoms with Gasteiger partial charge in [-0.3, -0.25) is 14.4 Å². The number of hydrogen-bond acceptors (Lipinski definition) is 7. The number of amides is 1. The number of sulfone groups is 1. The molecule has 1 aliphatic rings. The van der Waals surface area contributed by atoms with Crippen molar-refractivity contribution < 1.29 is 27.5 Å². The first-order chi connectivity index (χ1) is 11.7. The second-order valence-corrected chi connectivity index (χ2v) is 9.77. The van der Waals surface area contributed by atoms with Crippen molar-refractivity contribution in [2.24, 2.45) is 0 Å². The molecule has 1 N–H and O–H groups in total. The second kappa shape index (κ2) is 8.09. The fourth-order valence-electron chi connectivity index (χ4n) is 2.65. The number of ether oxygens (including phenoxy) is 1. The molecule has 0 spiro atoms. The molecule has 1 atom stereocenters. The van der Waals surface area contributed by atoms with Gasteiger partial charge in [0.25, 0.3) is 5.91 Å². The van der Waals surface area contributed by atoms with Crippen molar-refractivity contribution >= 4 is 38.8 Å². The summed E-state index contributed by atoms with van der Waals surface area (Å²) in [7, 11) is -3.08. The first kappa shape index (κ1) is 19.6. The SMILES string of the molecule is Cc1cc(C(=O)CCC(=O)OCC(=O)NC2CCS(=O)(=O)C2)c(C)s1. The van der Waals surface area contributed by atoms with Crippen molar-refractivity contribution in [3.8, 4) is 0 Å². The van der Waals surface area contributed by atoms with Crippen molar-refractivity contribution in [3.05, 3.63) is 21.4 Å². The molecule has 2 rings (SSSR count). The van der Waals surface area contributed by atoms with E-state index in [0.717, 1.165) is 9.75 Å². The summed E-state index contributed by atoms with van der Waals surface area (Å²) in [6.07, 6.45) is 0.298. The molecule has 7 nitrogen and oxygen atoms in total. The maximum Gasteiger partial charge on any atom is 0.306 e. The molecule has 1 fully saturated rings. The Morgan fingerprint density at radius 3 is 2.56 bits per heavy atom. The van der Waals surface area contributed by atoms with Crippen LogP contribution >= 0.6 is 11.3 Å². The van der Waals surface area contributed by atoms with Gasteiger partial charge in [0.05, 0.1) is 17.9 Å². The van der Waals surface area contributed by atoms with Crippen LogP contribution in [0.1, 0.15) is 39.4 Å². The molecular formula is C16H21NO6S2. The van der Waals surface area contributed by atoms with Crippen LogP contribution in [0.25, 0.3) is 0 Å². The molecule has 1 aromatic heterocycles. The third-order valence-corrected chi connectivity index (χ3v) is 6.59. The summed E-state index contributed by atoms with van der Waals surface area (Å²) in [4.78, 5) is 37.4. The van der Waals surface area contributed by atoms with E-state index in [4.69, 9.17) is 4.74 Å². The Kier molecular flexibility index (Phi) is 6.34. The minimum absolute atomic E-state index is 0.0261. The molecule has 0 radical (unpaired) electrons. The Hall–Kier alpha value is -1.74. The minimum Gasteiger partial charge on any atom is -0.456 e. The van der Waals surface area contributed by atoms with Crippen molar-refractivity contribution in [1.29, 1.82) is 0 Å². The third kappa shape index (κ3) is 5.93. The zero-order valence-corrected chi connectivity index (χ0v) is 15.8. The van der Waals surface area contributed by atoms with Gasteiger partial charge in [0.1, 0.15) is 0 Å². The summed E-state index contributed by atoms with van der Waals surface area (Å²) in [5.41, 5.74) is 0.621. The number of esters is 1. The monoisotopic (exact) mass is 387 g/mol. The fraction of sp³-hybridized carbons (Fsp3) is 0.562. The van der Waals surface area contributed by atoms with Crippen LogP contribution in [0.3, 0.4) is 0 Å². The van der Waals surface area contributed by atoms with Crippen LogP contribution in [0.15, 0.2) is 6.07 Å². The van der Waals surface area contributed by atoms with Crippen LogP contribution in [0, 0.1) is 13.8 Å². The Bertz CT molecular complexity index is 781. The van der Waals surface area contributed by atoms with E-state index in [1.165, 1.54) is 11.3 Å². The van der Waals surface area contributed by atoms with Gasteiger partial charge in [0.15, 0.2) is 22.2 Å². The predicted octanol–water partition coefficient (Wildman–Crippen LogP) is 1.17. The number of aryl methyl sites for hydroxylation is 2. The molecule has 1 unspecified atom stereocenters. The van der Waals surface area contributed by atoms with E-state index in [9.17, 15) is 22.8 Å². The zero-order valence-electron chi connectivity index (χ0n) is 14.2. The molecule has 138 valence electrons. The highest BCUT2D eigenvalue weighted by Gasteiger charge is 2.29. The number of Topliss-reactive ketones (excluding diaryl/α,β-unsaturated/α-hetero) is 1. The number of carbonyl (C=O) groups excluding carboxylic acids is 3. The third-order valence-electron chi connectivity index (χ3n) is 3.86. The molecule has 0 aliphatic carbocycles. The van der Waals surface area contributed by atoms with E-state index in [2.05, 4.69) is 5.32 Å². The highest BCUT2D eigenvalue weighted by atomic mass is 32.2. The van der Waals surface area contributed by atoms with E-state index < -0.39 is 34.4 Å². The smallest absolute Gasteiger partial charge is 0.306 e. The predicted molar refractivity (Wildman–Crippen MR) is 93.5 cm³/mol.